The van der Waals surface area contributed by atoms with E-state index in [1.807, 2.05) is 48.7 Å². The highest BCUT2D eigenvalue weighted by Crippen LogP contribution is 2.29. The highest BCUT2D eigenvalue weighted by Gasteiger charge is 2.26. The average molecular weight is 467 g/mol. The number of nitrogens with zero attached hydrogens (tertiary/aromatic N) is 3. The van der Waals surface area contributed by atoms with Crippen molar-refractivity contribution in [3.63, 3.8) is 0 Å². The van der Waals surface area contributed by atoms with E-state index < -0.39 is 0 Å². The summed E-state index contributed by atoms with van der Waals surface area (Å²) >= 11 is 12.3. The molecule has 8 heteroatoms. The first-order chi connectivity index (χ1) is 14.6. The van der Waals surface area contributed by atoms with E-state index in [9.17, 15) is 9.59 Å². The minimum atomic E-state index is -0.379. The lowest BCUT2D eigenvalue weighted by molar-refractivity contribution is -0.133. The number of rotatable bonds is 9. The van der Waals surface area contributed by atoms with Crippen LogP contribution in [-0.2, 0) is 18.4 Å². The molecule has 1 atom stereocenters. The fraction of sp³-hybridized carbons (Fsp3) is 0.478. The predicted octanol–water partition coefficient (Wildman–Crippen LogP) is 5.65. The zero-order valence-corrected chi connectivity index (χ0v) is 20.4. The minimum Gasteiger partial charge on any atom is -0.353 e. The van der Waals surface area contributed by atoms with Crippen LogP contribution in [-0.4, -0.2) is 45.4 Å². The number of hydrogen-bond donors (Lipinski definition) is 1. The van der Waals surface area contributed by atoms with Crippen molar-refractivity contribution in [1.29, 1.82) is 0 Å². The lowest BCUT2D eigenvalue weighted by Crippen LogP contribution is -2.48. The first-order valence-corrected chi connectivity index (χ1v) is 11.3. The van der Waals surface area contributed by atoms with Crippen molar-refractivity contribution in [2.75, 3.05) is 18.4 Å². The van der Waals surface area contributed by atoms with Gasteiger partial charge in [-0.25, -0.2) is 4.79 Å². The maximum Gasteiger partial charge on any atom is 0.322 e. The summed E-state index contributed by atoms with van der Waals surface area (Å²) in [6.45, 7) is 9.15. The van der Waals surface area contributed by atoms with E-state index in [2.05, 4.69) is 19.2 Å². The van der Waals surface area contributed by atoms with Crippen molar-refractivity contribution >= 4 is 40.8 Å². The molecule has 0 fully saturated rings. The fourth-order valence-electron chi connectivity index (χ4n) is 3.23. The molecule has 31 heavy (non-hydrogen) atoms. The molecule has 0 saturated carbocycles. The van der Waals surface area contributed by atoms with Crippen molar-refractivity contribution in [3.05, 3.63) is 52.3 Å². The van der Waals surface area contributed by atoms with Crippen LogP contribution in [0, 0.1) is 5.92 Å². The van der Waals surface area contributed by atoms with Gasteiger partial charge >= 0.3 is 6.03 Å². The predicted molar refractivity (Wildman–Crippen MR) is 128 cm³/mol. The molecular weight excluding hydrogens is 435 g/mol. The second kappa shape index (κ2) is 11.4. The molecule has 0 spiro atoms. The molecule has 1 heterocycles. The SMILES string of the molecule is CCC(C)N(CC(=O)N(Cc1cccn1C)CC(C)C)C(=O)Nc1cccc(Cl)c1Cl. The summed E-state index contributed by atoms with van der Waals surface area (Å²) in [5, 5.41) is 3.44. The standard InChI is InChI=1S/C23H32Cl2N4O2/c1-6-17(4)29(23(31)26-20-11-7-10-19(24)22(20)25)15-21(30)28(13-16(2)3)14-18-9-8-12-27(18)5/h7-12,16-17H,6,13-15H2,1-5H3,(H,26,31). The Morgan fingerprint density at radius 3 is 2.42 bits per heavy atom. The van der Waals surface area contributed by atoms with Gasteiger partial charge in [-0.2, -0.15) is 0 Å². The Bertz CT molecular complexity index is 897. The Morgan fingerprint density at radius 1 is 1.13 bits per heavy atom. The summed E-state index contributed by atoms with van der Waals surface area (Å²) in [6.07, 6.45) is 2.67. The number of amides is 3. The van der Waals surface area contributed by atoms with Gasteiger partial charge < -0.3 is 19.7 Å². The average Bonchev–Trinajstić information content (AvgIpc) is 3.12. The fourth-order valence-corrected chi connectivity index (χ4v) is 3.58. The molecule has 170 valence electrons. The van der Waals surface area contributed by atoms with E-state index in [4.69, 9.17) is 23.2 Å². The smallest absolute Gasteiger partial charge is 0.322 e. The van der Waals surface area contributed by atoms with Gasteiger partial charge in [-0.1, -0.05) is 50.0 Å². The van der Waals surface area contributed by atoms with Gasteiger partial charge in [0.1, 0.15) is 6.54 Å². The Kier molecular flexibility index (Phi) is 9.26. The van der Waals surface area contributed by atoms with Crippen molar-refractivity contribution in [2.24, 2.45) is 13.0 Å². The molecule has 1 aromatic carbocycles. The number of halogens is 2. The molecular formula is C23H32Cl2N4O2. The second-order valence-electron chi connectivity index (χ2n) is 8.20. The summed E-state index contributed by atoms with van der Waals surface area (Å²) in [7, 11) is 1.96. The van der Waals surface area contributed by atoms with Crippen LogP contribution in [0.1, 0.15) is 39.8 Å². The van der Waals surface area contributed by atoms with Gasteiger partial charge in [0.2, 0.25) is 5.91 Å². The largest absolute Gasteiger partial charge is 0.353 e. The number of anilines is 1. The summed E-state index contributed by atoms with van der Waals surface area (Å²) in [4.78, 5) is 29.7. The molecule has 0 aliphatic carbocycles. The lowest BCUT2D eigenvalue weighted by atomic mass is 10.2. The van der Waals surface area contributed by atoms with Gasteiger partial charge in [-0.3, -0.25) is 4.79 Å². The Balaban J connectivity index is 2.20. The number of carbonyl (C=O) groups is 2. The van der Waals surface area contributed by atoms with Crippen LogP contribution >= 0.6 is 23.2 Å². The van der Waals surface area contributed by atoms with Crippen molar-refractivity contribution in [1.82, 2.24) is 14.4 Å². The zero-order chi connectivity index (χ0) is 23.1. The molecule has 3 amide bonds. The third kappa shape index (κ3) is 6.91. The maximum atomic E-state index is 13.3. The molecule has 0 saturated heterocycles. The maximum absolute atomic E-state index is 13.3. The van der Waals surface area contributed by atoms with Gasteiger partial charge in [0.05, 0.1) is 22.3 Å². The normalized spacial score (nSPS) is 12.0. The van der Waals surface area contributed by atoms with Crippen LogP contribution in [0.5, 0.6) is 0 Å². The van der Waals surface area contributed by atoms with E-state index in [-0.39, 0.29) is 29.5 Å². The van der Waals surface area contributed by atoms with Crippen molar-refractivity contribution < 1.29 is 9.59 Å². The van der Waals surface area contributed by atoms with Crippen LogP contribution < -0.4 is 5.32 Å². The number of aromatic nitrogens is 1. The molecule has 2 aromatic rings. The quantitative estimate of drug-likeness (QED) is 0.518. The molecule has 2 rings (SSSR count). The van der Waals surface area contributed by atoms with E-state index in [1.54, 1.807) is 23.1 Å². The number of aryl methyl sites for hydroxylation is 1. The van der Waals surface area contributed by atoms with Gasteiger partial charge in [0.25, 0.3) is 0 Å². The molecule has 0 aliphatic heterocycles. The van der Waals surface area contributed by atoms with Gasteiger partial charge in [0.15, 0.2) is 0 Å². The molecule has 0 bridgehead atoms. The zero-order valence-electron chi connectivity index (χ0n) is 18.9. The molecule has 1 aromatic heterocycles. The highest BCUT2D eigenvalue weighted by molar-refractivity contribution is 6.43. The molecule has 0 aliphatic rings. The van der Waals surface area contributed by atoms with E-state index in [0.29, 0.717) is 36.1 Å². The van der Waals surface area contributed by atoms with E-state index in [0.717, 1.165) is 5.69 Å². The number of carbonyl (C=O) groups excluding carboxylic acids is 2. The monoisotopic (exact) mass is 466 g/mol. The Labute approximate surface area is 195 Å². The van der Waals surface area contributed by atoms with E-state index >= 15 is 0 Å². The molecule has 0 radical (unpaired) electrons. The first-order valence-electron chi connectivity index (χ1n) is 10.5. The van der Waals surface area contributed by atoms with Crippen LogP contribution in [0.15, 0.2) is 36.5 Å². The number of benzene rings is 1. The summed E-state index contributed by atoms with van der Waals surface area (Å²) < 4.78 is 2.00. The van der Waals surface area contributed by atoms with Gasteiger partial charge in [-0.05, 0) is 43.5 Å². The molecule has 6 nitrogen and oxygen atoms in total. The Hall–Kier alpha value is -2.18. The van der Waals surface area contributed by atoms with Crippen LogP contribution in [0.25, 0.3) is 0 Å². The minimum absolute atomic E-state index is 0.0177. The summed E-state index contributed by atoms with van der Waals surface area (Å²) in [5.74, 6) is 0.211. The lowest BCUT2D eigenvalue weighted by Gasteiger charge is -2.32. The van der Waals surface area contributed by atoms with Crippen molar-refractivity contribution in [2.45, 2.75) is 46.7 Å². The number of hydrogen-bond acceptors (Lipinski definition) is 2. The summed E-state index contributed by atoms with van der Waals surface area (Å²) in [5.41, 5.74) is 1.46. The first kappa shape index (κ1) is 25.1. The van der Waals surface area contributed by atoms with Crippen molar-refractivity contribution in [3.8, 4) is 0 Å². The van der Waals surface area contributed by atoms with Gasteiger partial charge in [-0.15, -0.1) is 0 Å². The summed E-state index contributed by atoms with van der Waals surface area (Å²) in [6, 6.07) is 8.51. The topological polar surface area (TPSA) is 57.6 Å². The number of urea groups is 1. The van der Waals surface area contributed by atoms with Crippen LogP contribution in [0.4, 0.5) is 10.5 Å². The molecule has 1 unspecified atom stereocenters. The third-order valence-electron chi connectivity index (χ3n) is 5.22. The molecule has 1 N–H and O–H groups in total. The van der Waals surface area contributed by atoms with Crippen LogP contribution in [0.3, 0.4) is 0 Å². The third-order valence-corrected chi connectivity index (χ3v) is 6.04. The van der Waals surface area contributed by atoms with Gasteiger partial charge in [0, 0.05) is 31.5 Å². The van der Waals surface area contributed by atoms with Crippen LogP contribution in [0.2, 0.25) is 10.0 Å². The van der Waals surface area contributed by atoms with E-state index in [1.165, 1.54) is 0 Å². The second-order valence-corrected chi connectivity index (χ2v) is 8.98. The highest BCUT2D eigenvalue weighted by atomic mass is 35.5. The Morgan fingerprint density at radius 2 is 1.84 bits per heavy atom. The number of nitrogens with one attached hydrogen (secondary N) is 1.